The first-order valence-corrected chi connectivity index (χ1v) is 7.19. The van der Waals surface area contributed by atoms with E-state index in [9.17, 15) is 9.59 Å². The number of carbonyl (C=O) groups excluding carboxylic acids is 2. The van der Waals surface area contributed by atoms with Gasteiger partial charge in [-0.05, 0) is 26.2 Å². The van der Waals surface area contributed by atoms with Crippen molar-refractivity contribution in [1.29, 1.82) is 0 Å². The Bertz CT molecular complexity index is 304. The third-order valence-corrected chi connectivity index (χ3v) is 3.66. The lowest BCUT2D eigenvalue weighted by Gasteiger charge is -2.42. The van der Waals surface area contributed by atoms with Crippen LogP contribution in [0.25, 0.3) is 0 Å². The van der Waals surface area contributed by atoms with Gasteiger partial charge in [0.1, 0.15) is 12.1 Å². The van der Waals surface area contributed by atoms with Crippen LogP contribution in [0.15, 0.2) is 0 Å². The molecule has 1 heterocycles. The highest BCUT2D eigenvalue weighted by Crippen LogP contribution is 2.21. The fraction of sp³-hybridized carbons (Fsp3) is 0.857. The molecule has 0 aliphatic carbocycles. The van der Waals surface area contributed by atoms with Crippen LogP contribution in [0, 0.1) is 0 Å². The fourth-order valence-corrected chi connectivity index (χ4v) is 2.69. The molecule has 1 rings (SSSR count). The molecule has 3 unspecified atom stereocenters. The molecule has 0 aromatic heterocycles. The standard InChI is InChI=1S/C14H26N2O2/c1-5-8-10(4)16-12(9-6-2)13(17)15-11(7-3)14(16)18/h10-12H,5-9H2,1-4H3,(H,15,17). The first-order valence-electron chi connectivity index (χ1n) is 7.19. The second-order valence-electron chi connectivity index (χ2n) is 5.16. The molecule has 1 fully saturated rings. The van der Waals surface area contributed by atoms with Gasteiger partial charge in [-0.2, -0.15) is 0 Å². The van der Waals surface area contributed by atoms with Gasteiger partial charge in [-0.1, -0.05) is 33.6 Å². The smallest absolute Gasteiger partial charge is 0.246 e. The summed E-state index contributed by atoms with van der Waals surface area (Å²) in [6, 6.07) is -0.448. The van der Waals surface area contributed by atoms with Gasteiger partial charge in [-0.25, -0.2) is 0 Å². The lowest BCUT2D eigenvalue weighted by atomic mass is 9.98. The van der Waals surface area contributed by atoms with Crippen LogP contribution in [0.1, 0.15) is 59.8 Å². The second kappa shape index (κ2) is 6.76. The average molecular weight is 254 g/mol. The van der Waals surface area contributed by atoms with Crippen LogP contribution in [0.3, 0.4) is 0 Å². The summed E-state index contributed by atoms with van der Waals surface area (Å²) in [6.07, 6.45) is 4.32. The number of rotatable bonds is 6. The van der Waals surface area contributed by atoms with Crippen molar-refractivity contribution in [1.82, 2.24) is 10.2 Å². The van der Waals surface area contributed by atoms with E-state index in [1.165, 1.54) is 0 Å². The molecule has 0 bridgehead atoms. The quantitative estimate of drug-likeness (QED) is 0.789. The minimum atomic E-state index is -0.329. The van der Waals surface area contributed by atoms with Crippen LogP contribution >= 0.6 is 0 Å². The summed E-state index contributed by atoms with van der Waals surface area (Å²) < 4.78 is 0. The largest absolute Gasteiger partial charge is 0.343 e. The first kappa shape index (κ1) is 15.0. The fourth-order valence-electron chi connectivity index (χ4n) is 2.69. The number of nitrogens with zero attached hydrogens (tertiary/aromatic N) is 1. The van der Waals surface area contributed by atoms with Gasteiger partial charge in [-0.3, -0.25) is 9.59 Å². The van der Waals surface area contributed by atoms with Gasteiger partial charge in [0.2, 0.25) is 11.8 Å². The van der Waals surface area contributed by atoms with Crippen LogP contribution in [-0.2, 0) is 9.59 Å². The number of hydrogen-bond acceptors (Lipinski definition) is 2. The molecule has 3 atom stereocenters. The highest BCUT2D eigenvalue weighted by atomic mass is 16.2. The summed E-state index contributed by atoms with van der Waals surface area (Å²) in [7, 11) is 0. The van der Waals surface area contributed by atoms with E-state index in [0.29, 0.717) is 6.42 Å². The van der Waals surface area contributed by atoms with Crippen molar-refractivity contribution in [3.63, 3.8) is 0 Å². The molecular formula is C14H26N2O2. The Kier molecular flexibility index (Phi) is 5.63. The van der Waals surface area contributed by atoms with Gasteiger partial charge in [0.15, 0.2) is 0 Å². The predicted molar refractivity (Wildman–Crippen MR) is 72.1 cm³/mol. The Morgan fingerprint density at radius 1 is 1.22 bits per heavy atom. The third kappa shape index (κ3) is 3.03. The van der Waals surface area contributed by atoms with E-state index < -0.39 is 0 Å². The van der Waals surface area contributed by atoms with E-state index in [4.69, 9.17) is 0 Å². The lowest BCUT2D eigenvalue weighted by Crippen LogP contribution is -2.65. The Hall–Kier alpha value is -1.06. The highest BCUT2D eigenvalue weighted by Gasteiger charge is 2.40. The number of amides is 2. The number of piperazine rings is 1. The van der Waals surface area contributed by atoms with Crippen LogP contribution in [0.2, 0.25) is 0 Å². The zero-order chi connectivity index (χ0) is 13.7. The summed E-state index contributed by atoms with van der Waals surface area (Å²) in [6.45, 7) is 8.14. The van der Waals surface area contributed by atoms with E-state index in [-0.39, 0.29) is 29.9 Å². The topological polar surface area (TPSA) is 49.4 Å². The minimum Gasteiger partial charge on any atom is -0.343 e. The molecule has 1 aliphatic heterocycles. The summed E-state index contributed by atoms with van der Waals surface area (Å²) in [5, 5.41) is 2.85. The molecule has 0 aromatic carbocycles. The van der Waals surface area contributed by atoms with Gasteiger partial charge >= 0.3 is 0 Å². The van der Waals surface area contributed by atoms with Gasteiger partial charge in [0.25, 0.3) is 0 Å². The molecule has 0 radical (unpaired) electrons. The van der Waals surface area contributed by atoms with Gasteiger partial charge < -0.3 is 10.2 Å². The molecule has 2 amide bonds. The molecule has 1 aliphatic rings. The molecule has 0 spiro atoms. The van der Waals surface area contributed by atoms with Crippen molar-refractivity contribution < 1.29 is 9.59 Å². The van der Waals surface area contributed by atoms with Crippen molar-refractivity contribution >= 4 is 11.8 Å². The Balaban J connectivity index is 2.93. The van der Waals surface area contributed by atoms with Crippen LogP contribution in [-0.4, -0.2) is 34.8 Å². The normalized spacial score (nSPS) is 26.1. The Labute approximate surface area is 110 Å². The van der Waals surface area contributed by atoms with Crippen molar-refractivity contribution in [2.75, 3.05) is 0 Å². The summed E-state index contributed by atoms with van der Waals surface area (Å²) in [4.78, 5) is 26.4. The van der Waals surface area contributed by atoms with Crippen molar-refractivity contribution in [2.24, 2.45) is 0 Å². The maximum Gasteiger partial charge on any atom is 0.246 e. The molecule has 0 aromatic rings. The number of nitrogens with one attached hydrogen (secondary N) is 1. The summed E-state index contributed by atoms with van der Waals surface area (Å²) in [5.41, 5.74) is 0. The van der Waals surface area contributed by atoms with E-state index in [0.717, 1.165) is 25.7 Å². The van der Waals surface area contributed by atoms with Gasteiger partial charge in [0, 0.05) is 6.04 Å². The van der Waals surface area contributed by atoms with Crippen LogP contribution in [0.4, 0.5) is 0 Å². The monoisotopic (exact) mass is 254 g/mol. The van der Waals surface area contributed by atoms with Gasteiger partial charge in [-0.15, -0.1) is 0 Å². The lowest BCUT2D eigenvalue weighted by molar-refractivity contribution is -0.152. The molecule has 18 heavy (non-hydrogen) atoms. The van der Waals surface area contributed by atoms with E-state index in [1.807, 2.05) is 18.7 Å². The zero-order valence-corrected chi connectivity index (χ0v) is 12.0. The van der Waals surface area contributed by atoms with E-state index >= 15 is 0 Å². The minimum absolute atomic E-state index is 0.0197. The van der Waals surface area contributed by atoms with Gasteiger partial charge in [0.05, 0.1) is 0 Å². The molecule has 104 valence electrons. The number of carbonyl (C=O) groups is 2. The maximum atomic E-state index is 12.4. The van der Waals surface area contributed by atoms with E-state index in [2.05, 4.69) is 19.2 Å². The third-order valence-electron chi connectivity index (χ3n) is 3.66. The van der Waals surface area contributed by atoms with Crippen molar-refractivity contribution in [3.05, 3.63) is 0 Å². The van der Waals surface area contributed by atoms with Crippen molar-refractivity contribution in [3.8, 4) is 0 Å². The Morgan fingerprint density at radius 3 is 2.39 bits per heavy atom. The maximum absolute atomic E-state index is 12.4. The van der Waals surface area contributed by atoms with E-state index in [1.54, 1.807) is 0 Å². The Morgan fingerprint density at radius 2 is 1.89 bits per heavy atom. The SMILES string of the molecule is CCCC(C)N1C(=O)C(CC)NC(=O)C1CCC. The molecule has 4 heteroatoms. The molecule has 1 N–H and O–H groups in total. The second-order valence-corrected chi connectivity index (χ2v) is 5.16. The predicted octanol–water partition coefficient (Wildman–Crippen LogP) is 2.08. The average Bonchev–Trinajstić information content (AvgIpc) is 2.34. The van der Waals surface area contributed by atoms with Crippen LogP contribution in [0.5, 0.6) is 0 Å². The molecule has 1 saturated heterocycles. The molecule has 4 nitrogen and oxygen atoms in total. The molecular weight excluding hydrogens is 228 g/mol. The highest BCUT2D eigenvalue weighted by molar-refractivity contribution is 5.97. The first-order chi connectivity index (χ1) is 8.56. The van der Waals surface area contributed by atoms with Crippen LogP contribution < -0.4 is 5.32 Å². The zero-order valence-electron chi connectivity index (χ0n) is 12.0. The molecule has 0 saturated carbocycles. The summed E-state index contributed by atoms with van der Waals surface area (Å²) in [5.74, 6) is 0.114. The number of hydrogen-bond donors (Lipinski definition) is 1. The summed E-state index contributed by atoms with van der Waals surface area (Å²) >= 11 is 0. The van der Waals surface area contributed by atoms with Crippen molar-refractivity contribution in [2.45, 2.75) is 77.9 Å².